The topological polar surface area (TPSA) is 94.3 Å². The molecule has 4 rings (SSSR count). The fourth-order valence-electron chi connectivity index (χ4n) is 2.89. The van der Waals surface area contributed by atoms with E-state index in [1.54, 1.807) is 24.3 Å². The van der Waals surface area contributed by atoms with Crippen LogP contribution in [0.25, 0.3) is 22.2 Å². The average molecular weight is 546 g/mol. The molecule has 0 unspecified atom stereocenters. The van der Waals surface area contributed by atoms with E-state index in [1.165, 1.54) is 35.1 Å². The molecule has 0 atom stereocenters. The SMILES string of the molecule is O=S(=O)(Nc1ccc2c(OCc3nc(-c4ccc(Br)cc4F)no3)cccc2c1)C(F)(F)F. The number of benzene rings is 3. The zero-order chi connectivity index (χ0) is 23.8. The smallest absolute Gasteiger partial charge is 0.483 e. The molecule has 0 saturated heterocycles. The highest BCUT2D eigenvalue weighted by molar-refractivity contribution is 9.10. The zero-order valence-electron chi connectivity index (χ0n) is 16.2. The van der Waals surface area contributed by atoms with Gasteiger partial charge in [0.2, 0.25) is 5.82 Å². The molecule has 4 aromatic rings. The first-order chi connectivity index (χ1) is 15.5. The van der Waals surface area contributed by atoms with Crippen molar-refractivity contribution in [1.82, 2.24) is 10.1 Å². The first kappa shape index (κ1) is 23.0. The molecule has 0 aliphatic rings. The molecule has 0 aliphatic heterocycles. The molecule has 0 fully saturated rings. The Bertz CT molecular complexity index is 1440. The highest BCUT2D eigenvalue weighted by Gasteiger charge is 2.46. The predicted octanol–water partition coefficient (Wildman–Crippen LogP) is 5.63. The second kappa shape index (κ2) is 8.63. The van der Waals surface area contributed by atoms with Gasteiger partial charge in [0.15, 0.2) is 6.61 Å². The van der Waals surface area contributed by atoms with Gasteiger partial charge in [0.05, 0.1) is 5.56 Å². The number of nitrogens with zero attached hydrogens (tertiary/aromatic N) is 2. The van der Waals surface area contributed by atoms with E-state index in [4.69, 9.17) is 9.26 Å². The Morgan fingerprint density at radius 2 is 1.88 bits per heavy atom. The van der Waals surface area contributed by atoms with E-state index >= 15 is 0 Å². The average Bonchev–Trinajstić information content (AvgIpc) is 3.19. The number of anilines is 1. The Labute approximate surface area is 192 Å². The lowest BCUT2D eigenvalue weighted by Crippen LogP contribution is -2.29. The number of aromatic nitrogens is 2. The summed E-state index contributed by atoms with van der Waals surface area (Å²) in [6.07, 6.45) is 0. The number of rotatable bonds is 6. The van der Waals surface area contributed by atoms with Crippen LogP contribution in [0.4, 0.5) is 23.2 Å². The Morgan fingerprint density at radius 1 is 1.09 bits per heavy atom. The molecule has 172 valence electrons. The standard InChI is InChI=1S/C20H12BrF4N3O4S/c21-12-4-6-15(16(22)9-12)19-26-18(32-27-19)10-31-17-3-1-2-11-8-13(5-7-14(11)17)28-33(29,30)20(23,24)25/h1-9,28H,10H2. The van der Waals surface area contributed by atoms with Crippen LogP contribution in [0.2, 0.25) is 0 Å². The van der Waals surface area contributed by atoms with Gasteiger partial charge in [-0.3, -0.25) is 4.72 Å². The molecule has 0 saturated carbocycles. The van der Waals surface area contributed by atoms with E-state index in [2.05, 4.69) is 26.1 Å². The summed E-state index contributed by atoms with van der Waals surface area (Å²) in [6, 6.07) is 13.0. The molecule has 0 aliphatic carbocycles. The molecular weight excluding hydrogens is 534 g/mol. The third kappa shape index (κ3) is 4.93. The Kier molecular flexibility index (Phi) is 6.01. The summed E-state index contributed by atoms with van der Waals surface area (Å²) in [5.74, 6) is -0.0899. The number of alkyl halides is 3. The lowest BCUT2D eigenvalue weighted by molar-refractivity contribution is -0.0429. The fraction of sp³-hybridized carbons (Fsp3) is 0.100. The van der Waals surface area contributed by atoms with Crippen LogP contribution in [-0.2, 0) is 16.6 Å². The largest absolute Gasteiger partial charge is 0.516 e. The van der Waals surface area contributed by atoms with Gasteiger partial charge < -0.3 is 9.26 Å². The van der Waals surface area contributed by atoms with Gasteiger partial charge in [-0.15, -0.1) is 0 Å². The summed E-state index contributed by atoms with van der Waals surface area (Å²) < 4.78 is 87.3. The van der Waals surface area contributed by atoms with Crippen molar-refractivity contribution < 1.29 is 35.2 Å². The van der Waals surface area contributed by atoms with Crippen LogP contribution in [0.3, 0.4) is 0 Å². The number of halogens is 5. The maximum Gasteiger partial charge on any atom is 0.516 e. The predicted molar refractivity (Wildman–Crippen MR) is 114 cm³/mol. The van der Waals surface area contributed by atoms with Gasteiger partial charge in [-0.1, -0.05) is 33.2 Å². The number of nitrogens with one attached hydrogen (secondary N) is 1. The van der Waals surface area contributed by atoms with Crippen molar-refractivity contribution in [3.63, 3.8) is 0 Å². The van der Waals surface area contributed by atoms with E-state index in [0.29, 0.717) is 21.0 Å². The van der Waals surface area contributed by atoms with E-state index < -0.39 is 21.3 Å². The number of hydrogen-bond acceptors (Lipinski definition) is 6. The van der Waals surface area contributed by atoms with E-state index in [1.807, 2.05) is 0 Å². The second-order valence-corrected chi connectivity index (χ2v) is 9.26. The van der Waals surface area contributed by atoms with Crippen molar-refractivity contribution in [3.8, 4) is 17.1 Å². The summed E-state index contributed by atoms with van der Waals surface area (Å²) in [6.45, 7) is -0.160. The molecule has 1 heterocycles. The molecule has 33 heavy (non-hydrogen) atoms. The van der Waals surface area contributed by atoms with Gasteiger partial charge in [-0.05, 0) is 47.9 Å². The molecule has 3 aromatic carbocycles. The van der Waals surface area contributed by atoms with Crippen LogP contribution >= 0.6 is 15.9 Å². The van der Waals surface area contributed by atoms with Crippen LogP contribution in [0.1, 0.15) is 5.89 Å². The van der Waals surface area contributed by atoms with Crippen molar-refractivity contribution in [3.05, 3.63) is 70.8 Å². The van der Waals surface area contributed by atoms with Gasteiger partial charge in [0, 0.05) is 15.5 Å². The summed E-state index contributed by atoms with van der Waals surface area (Å²) in [7, 11) is -5.54. The van der Waals surface area contributed by atoms with Crippen LogP contribution in [0, 0.1) is 5.82 Å². The minimum Gasteiger partial charge on any atom is -0.483 e. The molecule has 1 N–H and O–H groups in total. The highest BCUT2D eigenvalue weighted by atomic mass is 79.9. The van der Waals surface area contributed by atoms with E-state index in [0.717, 1.165) is 0 Å². The minimum atomic E-state index is -5.54. The van der Waals surface area contributed by atoms with E-state index in [-0.39, 0.29) is 29.6 Å². The first-order valence-electron chi connectivity index (χ1n) is 9.06. The second-order valence-electron chi connectivity index (χ2n) is 6.67. The van der Waals surface area contributed by atoms with Crippen molar-refractivity contribution in [2.45, 2.75) is 12.1 Å². The summed E-state index contributed by atoms with van der Waals surface area (Å²) in [5, 5.41) is 4.67. The quantitative estimate of drug-likeness (QED) is 0.315. The molecule has 0 radical (unpaired) electrons. The monoisotopic (exact) mass is 545 g/mol. The van der Waals surface area contributed by atoms with Crippen molar-refractivity contribution in [2.75, 3.05) is 4.72 Å². The number of sulfonamides is 1. The van der Waals surface area contributed by atoms with Gasteiger partial charge in [-0.2, -0.15) is 26.6 Å². The molecule has 1 aromatic heterocycles. The number of hydrogen-bond donors (Lipinski definition) is 1. The summed E-state index contributed by atoms with van der Waals surface area (Å²) in [4.78, 5) is 4.10. The maximum absolute atomic E-state index is 14.1. The Balaban J connectivity index is 1.52. The molecule has 7 nitrogen and oxygen atoms in total. The Morgan fingerprint density at radius 3 is 2.61 bits per heavy atom. The van der Waals surface area contributed by atoms with Gasteiger partial charge in [-0.25, -0.2) is 4.39 Å². The molecular formula is C20H12BrF4N3O4S. The van der Waals surface area contributed by atoms with Gasteiger partial charge in [0.25, 0.3) is 5.89 Å². The molecule has 0 amide bonds. The summed E-state index contributed by atoms with van der Waals surface area (Å²) in [5.41, 5.74) is -5.54. The van der Waals surface area contributed by atoms with E-state index in [9.17, 15) is 26.0 Å². The number of fused-ring (bicyclic) bond motifs is 1. The minimum absolute atomic E-state index is 0.0399. The van der Waals surface area contributed by atoms with Crippen LogP contribution in [0.15, 0.2) is 63.6 Å². The lowest BCUT2D eigenvalue weighted by Gasteiger charge is -2.12. The number of ether oxygens (including phenoxy) is 1. The normalized spacial score (nSPS) is 12.2. The van der Waals surface area contributed by atoms with Gasteiger partial charge in [0.1, 0.15) is 11.6 Å². The summed E-state index contributed by atoms with van der Waals surface area (Å²) >= 11 is 3.16. The van der Waals surface area contributed by atoms with Crippen LogP contribution in [-0.4, -0.2) is 24.1 Å². The zero-order valence-corrected chi connectivity index (χ0v) is 18.6. The maximum atomic E-state index is 14.1. The third-order valence-corrected chi connectivity index (χ3v) is 6.00. The first-order valence-corrected chi connectivity index (χ1v) is 11.3. The van der Waals surface area contributed by atoms with Crippen LogP contribution < -0.4 is 9.46 Å². The lowest BCUT2D eigenvalue weighted by atomic mass is 10.1. The van der Waals surface area contributed by atoms with Crippen LogP contribution in [0.5, 0.6) is 5.75 Å². The van der Waals surface area contributed by atoms with Crippen molar-refractivity contribution in [1.29, 1.82) is 0 Å². The third-order valence-electron chi connectivity index (χ3n) is 4.39. The Hall–Kier alpha value is -3.19. The molecule has 0 bridgehead atoms. The molecule has 0 spiro atoms. The van der Waals surface area contributed by atoms with Crippen molar-refractivity contribution in [2.24, 2.45) is 0 Å². The highest BCUT2D eigenvalue weighted by Crippen LogP contribution is 2.31. The fourth-order valence-corrected chi connectivity index (χ4v) is 3.78. The van der Waals surface area contributed by atoms with Crippen molar-refractivity contribution >= 4 is 42.4 Å². The molecule has 13 heteroatoms. The van der Waals surface area contributed by atoms with Gasteiger partial charge >= 0.3 is 15.5 Å².